The molecule has 7 heteroatoms. The van der Waals surface area contributed by atoms with Gasteiger partial charge in [-0.3, -0.25) is 4.79 Å². The lowest BCUT2D eigenvalue weighted by atomic mass is 10.0. The van der Waals surface area contributed by atoms with Crippen molar-refractivity contribution in [3.05, 3.63) is 80.3 Å². The lowest BCUT2D eigenvalue weighted by Gasteiger charge is -2.09. The summed E-state index contributed by atoms with van der Waals surface area (Å²) >= 11 is 7.86. The van der Waals surface area contributed by atoms with Crippen molar-refractivity contribution in [3.8, 4) is 0 Å². The van der Waals surface area contributed by atoms with E-state index in [9.17, 15) is 14.7 Å². The van der Waals surface area contributed by atoms with Crippen LogP contribution in [-0.2, 0) is 11.2 Å². The first-order chi connectivity index (χ1) is 14.3. The Morgan fingerprint density at radius 3 is 2.67 bits per heavy atom. The highest BCUT2D eigenvalue weighted by molar-refractivity contribution is 7.10. The largest absolute Gasteiger partial charge is 0.478 e. The van der Waals surface area contributed by atoms with E-state index in [1.54, 1.807) is 47.7 Å². The zero-order valence-electron chi connectivity index (χ0n) is 16.6. The number of hydrogen-bond donors (Lipinski definition) is 2. The van der Waals surface area contributed by atoms with E-state index >= 15 is 0 Å². The number of anilines is 1. The summed E-state index contributed by atoms with van der Waals surface area (Å²) in [7, 11) is 0. The van der Waals surface area contributed by atoms with E-state index in [1.807, 2.05) is 17.5 Å². The van der Waals surface area contributed by atoms with Crippen molar-refractivity contribution in [3.63, 3.8) is 0 Å². The van der Waals surface area contributed by atoms with Crippen LogP contribution in [0.25, 0.3) is 12.2 Å². The van der Waals surface area contributed by atoms with Gasteiger partial charge < -0.3 is 10.4 Å². The Morgan fingerprint density at radius 2 is 1.97 bits per heavy atom. The van der Waals surface area contributed by atoms with Crippen LogP contribution < -0.4 is 5.32 Å². The summed E-state index contributed by atoms with van der Waals surface area (Å²) in [6.45, 7) is 4.20. The average molecular weight is 441 g/mol. The summed E-state index contributed by atoms with van der Waals surface area (Å²) in [5.74, 6) is -0.987. The second-order valence-corrected chi connectivity index (χ2v) is 8.32. The maximum absolute atomic E-state index is 12.4. The quantitative estimate of drug-likeness (QED) is 0.474. The van der Waals surface area contributed by atoms with Gasteiger partial charge in [-0.05, 0) is 47.4 Å². The Morgan fingerprint density at radius 1 is 1.20 bits per heavy atom. The van der Waals surface area contributed by atoms with Gasteiger partial charge in [0.05, 0.1) is 17.7 Å². The molecule has 154 valence electrons. The number of aromatic nitrogens is 1. The van der Waals surface area contributed by atoms with Gasteiger partial charge in [-0.2, -0.15) is 0 Å². The van der Waals surface area contributed by atoms with Gasteiger partial charge in [0.25, 0.3) is 0 Å². The number of aromatic carboxylic acids is 1. The lowest BCUT2D eigenvalue weighted by molar-refractivity contribution is -0.115. The Labute approximate surface area is 184 Å². The third-order valence-electron chi connectivity index (χ3n) is 4.42. The van der Waals surface area contributed by atoms with Crippen molar-refractivity contribution < 1.29 is 14.7 Å². The molecular weight excluding hydrogens is 420 g/mol. The van der Waals surface area contributed by atoms with Crippen LogP contribution in [0.2, 0.25) is 5.02 Å². The average Bonchev–Trinajstić information content (AvgIpc) is 3.18. The summed E-state index contributed by atoms with van der Waals surface area (Å²) in [5, 5.41) is 15.5. The number of rotatable bonds is 7. The van der Waals surface area contributed by atoms with Gasteiger partial charge in [-0.1, -0.05) is 49.7 Å². The highest BCUT2D eigenvalue weighted by Crippen LogP contribution is 2.25. The molecule has 2 N–H and O–H groups in total. The first-order valence-electron chi connectivity index (χ1n) is 9.37. The van der Waals surface area contributed by atoms with Crippen LogP contribution in [0.1, 0.15) is 52.0 Å². The molecule has 0 atom stereocenters. The lowest BCUT2D eigenvalue weighted by Crippen LogP contribution is -2.16. The van der Waals surface area contributed by atoms with Crippen LogP contribution in [0.3, 0.4) is 0 Å². The fourth-order valence-electron chi connectivity index (χ4n) is 2.81. The molecule has 0 spiro atoms. The van der Waals surface area contributed by atoms with Gasteiger partial charge in [-0.25, -0.2) is 9.78 Å². The normalized spacial score (nSPS) is 11.2. The molecule has 0 fully saturated rings. The van der Waals surface area contributed by atoms with Crippen molar-refractivity contribution in [1.29, 1.82) is 0 Å². The van der Waals surface area contributed by atoms with Gasteiger partial charge in [0.1, 0.15) is 5.01 Å². The van der Waals surface area contributed by atoms with Crippen molar-refractivity contribution in [2.45, 2.75) is 26.2 Å². The number of nitrogens with one attached hydrogen (secondary N) is 1. The van der Waals surface area contributed by atoms with E-state index in [0.29, 0.717) is 22.2 Å². The van der Waals surface area contributed by atoms with E-state index in [2.05, 4.69) is 24.1 Å². The third-order valence-corrected chi connectivity index (χ3v) is 5.59. The van der Waals surface area contributed by atoms with Crippen molar-refractivity contribution in [1.82, 2.24) is 4.98 Å². The maximum atomic E-state index is 12.4. The molecule has 30 heavy (non-hydrogen) atoms. The molecule has 0 radical (unpaired) electrons. The molecule has 0 bridgehead atoms. The Balaban J connectivity index is 1.72. The number of benzene rings is 2. The molecule has 0 saturated heterocycles. The van der Waals surface area contributed by atoms with Gasteiger partial charge in [0, 0.05) is 16.1 Å². The Bertz CT molecular complexity index is 1110. The van der Waals surface area contributed by atoms with Crippen LogP contribution in [0.4, 0.5) is 5.69 Å². The fraction of sp³-hybridized carbons (Fsp3) is 0.174. The molecule has 5 nitrogen and oxygen atoms in total. The van der Waals surface area contributed by atoms with E-state index in [1.165, 1.54) is 6.07 Å². The zero-order valence-corrected chi connectivity index (χ0v) is 18.1. The Hall–Kier alpha value is -2.96. The summed E-state index contributed by atoms with van der Waals surface area (Å²) in [4.78, 5) is 28.3. The van der Waals surface area contributed by atoms with Gasteiger partial charge in [0.15, 0.2) is 0 Å². The first kappa shape index (κ1) is 21.7. The van der Waals surface area contributed by atoms with Crippen molar-refractivity contribution in [2.24, 2.45) is 0 Å². The predicted octanol–water partition coefficient (Wildman–Crippen LogP) is 5.97. The number of hydrogen-bond acceptors (Lipinski definition) is 4. The smallest absolute Gasteiger partial charge is 0.335 e. The Kier molecular flexibility index (Phi) is 7.03. The van der Waals surface area contributed by atoms with Gasteiger partial charge in [-0.15, -0.1) is 11.3 Å². The van der Waals surface area contributed by atoms with Crippen molar-refractivity contribution >= 4 is 52.7 Å². The minimum Gasteiger partial charge on any atom is -0.478 e. The van der Waals surface area contributed by atoms with E-state index in [-0.39, 0.29) is 17.9 Å². The zero-order chi connectivity index (χ0) is 21.7. The van der Waals surface area contributed by atoms with Crippen LogP contribution in [-0.4, -0.2) is 22.0 Å². The minimum absolute atomic E-state index is 0.0344. The first-order valence-corrected chi connectivity index (χ1v) is 10.6. The molecule has 0 unspecified atom stereocenters. The summed E-state index contributed by atoms with van der Waals surface area (Å²) in [5.41, 5.74) is 2.96. The van der Waals surface area contributed by atoms with Gasteiger partial charge >= 0.3 is 5.97 Å². The number of carbonyl (C=O) groups is 2. The van der Waals surface area contributed by atoms with E-state index in [0.717, 1.165) is 16.3 Å². The SMILES string of the molecule is CC(C)c1csc(/C=C/c2cc(NC(=O)Cc3ccccc3C(=O)O)ccc2Cl)n1. The van der Waals surface area contributed by atoms with Crippen LogP contribution in [0.5, 0.6) is 0 Å². The number of carboxylic acids is 1. The summed E-state index contributed by atoms with van der Waals surface area (Å²) in [6, 6.07) is 11.7. The molecule has 0 aliphatic heterocycles. The number of nitrogens with zero attached hydrogens (tertiary/aromatic N) is 1. The predicted molar refractivity (Wildman–Crippen MR) is 122 cm³/mol. The molecule has 1 heterocycles. The van der Waals surface area contributed by atoms with Crippen LogP contribution >= 0.6 is 22.9 Å². The van der Waals surface area contributed by atoms with Crippen LogP contribution in [0.15, 0.2) is 47.8 Å². The van der Waals surface area contributed by atoms with E-state index < -0.39 is 5.97 Å². The molecule has 1 aromatic heterocycles. The monoisotopic (exact) mass is 440 g/mol. The van der Waals surface area contributed by atoms with Crippen molar-refractivity contribution in [2.75, 3.05) is 5.32 Å². The number of thiazole rings is 1. The molecule has 0 aliphatic carbocycles. The molecule has 2 aromatic carbocycles. The molecular formula is C23H21ClN2O3S. The highest BCUT2D eigenvalue weighted by atomic mass is 35.5. The molecule has 3 rings (SSSR count). The molecule has 3 aromatic rings. The number of carbonyl (C=O) groups excluding carboxylic acids is 1. The minimum atomic E-state index is -1.06. The third kappa shape index (κ3) is 5.55. The molecule has 0 saturated carbocycles. The second-order valence-electron chi connectivity index (χ2n) is 7.02. The van der Waals surface area contributed by atoms with E-state index in [4.69, 9.17) is 11.6 Å². The number of amides is 1. The fourth-order valence-corrected chi connectivity index (χ4v) is 3.87. The maximum Gasteiger partial charge on any atom is 0.335 e. The highest BCUT2D eigenvalue weighted by Gasteiger charge is 2.13. The van der Waals surface area contributed by atoms with Crippen LogP contribution in [0, 0.1) is 0 Å². The summed E-state index contributed by atoms with van der Waals surface area (Å²) < 4.78 is 0. The van der Waals surface area contributed by atoms with Gasteiger partial charge in [0.2, 0.25) is 5.91 Å². The summed E-state index contributed by atoms with van der Waals surface area (Å²) in [6.07, 6.45) is 3.72. The molecule has 0 aliphatic rings. The number of halogens is 1. The second kappa shape index (κ2) is 9.69. The number of carboxylic acid groups (broad SMARTS) is 1. The standard InChI is InChI=1S/C23H21ClN2O3S/c1-14(2)20-13-30-22(26-20)10-7-16-11-17(8-9-19(16)24)25-21(27)12-15-5-3-4-6-18(15)23(28)29/h3-11,13-14H,12H2,1-2H3,(H,25,27)(H,28,29)/b10-7+. The molecule has 1 amide bonds. The topological polar surface area (TPSA) is 79.3 Å².